The largest absolute Gasteiger partial charge is 0.489 e. The lowest BCUT2D eigenvalue weighted by Crippen LogP contribution is -2.25. The highest BCUT2D eigenvalue weighted by Crippen LogP contribution is 2.40. The summed E-state index contributed by atoms with van der Waals surface area (Å²) < 4.78 is 9.26. The molecule has 0 spiro atoms. The molecule has 5 aromatic rings. The van der Waals surface area contributed by atoms with Crippen LogP contribution in [0, 0.1) is 13.8 Å². The van der Waals surface area contributed by atoms with E-state index in [0.29, 0.717) is 41.2 Å². The van der Waals surface area contributed by atoms with Crippen LogP contribution >= 0.6 is 11.6 Å². The van der Waals surface area contributed by atoms with Crippen LogP contribution in [0.3, 0.4) is 0 Å². The number of nitrogens with zero attached hydrogens (tertiary/aromatic N) is 6. The van der Waals surface area contributed by atoms with Gasteiger partial charge in [0.1, 0.15) is 18.2 Å². The molecule has 10 heteroatoms. The predicted molar refractivity (Wildman–Crippen MR) is 135 cm³/mol. The van der Waals surface area contributed by atoms with Gasteiger partial charge in [-0.15, -0.1) is 15.3 Å². The maximum Gasteiger partial charge on any atom is 0.226 e. The molecule has 1 N–H and O–H groups in total. The van der Waals surface area contributed by atoms with Crippen molar-refractivity contribution in [1.29, 1.82) is 0 Å². The fraction of sp³-hybridized carbons (Fsp3) is 0.192. The molecule has 6 rings (SSSR count). The third kappa shape index (κ3) is 3.97. The summed E-state index contributed by atoms with van der Waals surface area (Å²) in [5, 5.41) is 21.2. The Labute approximate surface area is 211 Å². The molecular formula is C26H22ClN7O2. The zero-order valence-electron chi connectivity index (χ0n) is 19.6. The van der Waals surface area contributed by atoms with Crippen LogP contribution in [-0.2, 0) is 11.4 Å². The number of ether oxygens (including phenoxy) is 1. The smallest absolute Gasteiger partial charge is 0.226 e. The number of carbonyl (C=O) groups excluding carboxylic acids is 1. The summed E-state index contributed by atoms with van der Waals surface area (Å²) >= 11 is 6.06. The highest BCUT2D eigenvalue weighted by Gasteiger charge is 2.33. The number of benzene rings is 2. The molecule has 1 amide bonds. The van der Waals surface area contributed by atoms with Crippen LogP contribution in [0.15, 0.2) is 60.7 Å². The van der Waals surface area contributed by atoms with Crippen LogP contribution < -0.4 is 10.1 Å². The number of anilines is 1. The van der Waals surface area contributed by atoms with Crippen molar-refractivity contribution in [3.8, 4) is 11.6 Å². The number of fused-ring (bicyclic) bond motifs is 2. The summed E-state index contributed by atoms with van der Waals surface area (Å²) in [6.45, 7) is 4.20. The third-order valence-electron chi connectivity index (χ3n) is 6.30. The van der Waals surface area contributed by atoms with Crippen LogP contribution in [0.25, 0.3) is 11.5 Å². The second-order valence-electron chi connectivity index (χ2n) is 8.76. The first-order valence-corrected chi connectivity index (χ1v) is 11.9. The average molecular weight is 500 g/mol. The van der Waals surface area contributed by atoms with E-state index < -0.39 is 0 Å². The lowest BCUT2D eigenvalue weighted by Gasteiger charge is -2.24. The van der Waals surface area contributed by atoms with Crippen LogP contribution in [-0.4, -0.2) is 35.5 Å². The Kier molecular flexibility index (Phi) is 5.41. The second kappa shape index (κ2) is 8.76. The standard InChI is InChI=1S/C26H22ClN7O2/c1-15-25-21(18-6-8-20(9-7-18)36-14-17-4-3-5-19(27)12-17)13-24(35)28-26(25)34(31-15)23-11-10-22-30-29-16(2)33(22)32-23/h3-12,21H,13-14H2,1-2H3,(H,28,35)/t21-/m0/s1. The van der Waals surface area contributed by atoms with Crippen molar-refractivity contribution < 1.29 is 9.53 Å². The second-order valence-corrected chi connectivity index (χ2v) is 9.20. The Morgan fingerprint density at radius 2 is 1.89 bits per heavy atom. The lowest BCUT2D eigenvalue weighted by molar-refractivity contribution is -0.116. The number of carbonyl (C=O) groups is 1. The number of rotatable bonds is 5. The van der Waals surface area contributed by atoms with Crippen molar-refractivity contribution >= 4 is 29.0 Å². The van der Waals surface area contributed by atoms with Gasteiger partial charge in [0.2, 0.25) is 5.91 Å². The highest BCUT2D eigenvalue weighted by molar-refractivity contribution is 6.30. The first-order valence-electron chi connectivity index (χ1n) is 11.5. The molecule has 36 heavy (non-hydrogen) atoms. The van der Waals surface area contributed by atoms with Gasteiger partial charge in [0.25, 0.3) is 0 Å². The molecule has 0 radical (unpaired) electrons. The molecule has 2 aromatic carbocycles. The molecule has 0 fully saturated rings. The maximum absolute atomic E-state index is 12.7. The third-order valence-corrected chi connectivity index (χ3v) is 6.54. The molecule has 1 atom stereocenters. The summed E-state index contributed by atoms with van der Waals surface area (Å²) in [5.41, 5.74) is 4.47. The first-order chi connectivity index (χ1) is 17.5. The van der Waals surface area contributed by atoms with Gasteiger partial charge in [0.15, 0.2) is 17.3 Å². The van der Waals surface area contributed by atoms with Crippen molar-refractivity contribution in [2.45, 2.75) is 32.8 Å². The zero-order chi connectivity index (χ0) is 24.8. The minimum atomic E-state index is -0.134. The molecule has 3 aromatic heterocycles. The Hall–Kier alpha value is -4.24. The molecule has 0 aliphatic carbocycles. The van der Waals surface area contributed by atoms with Crippen LogP contribution in [0.4, 0.5) is 5.82 Å². The number of hydrogen-bond donors (Lipinski definition) is 1. The summed E-state index contributed by atoms with van der Waals surface area (Å²) in [5.74, 6) is 2.41. The van der Waals surface area contributed by atoms with Crippen LogP contribution in [0.5, 0.6) is 5.75 Å². The zero-order valence-corrected chi connectivity index (χ0v) is 20.4. The number of aryl methyl sites for hydroxylation is 2. The molecule has 180 valence electrons. The minimum absolute atomic E-state index is 0.0727. The average Bonchev–Trinajstić information content (AvgIpc) is 3.42. The fourth-order valence-corrected chi connectivity index (χ4v) is 4.80. The molecule has 1 aliphatic rings. The van der Waals surface area contributed by atoms with Crippen molar-refractivity contribution in [2.24, 2.45) is 0 Å². The molecule has 0 saturated carbocycles. The maximum atomic E-state index is 12.7. The van der Waals surface area contributed by atoms with E-state index in [1.165, 1.54) is 0 Å². The molecule has 0 saturated heterocycles. The van der Waals surface area contributed by atoms with Gasteiger partial charge in [0.05, 0.1) is 5.69 Å². The first kappa shape index (κ1) is 22.2. The number of aromatic nitrogens is 6. The van der Waals surface area contributed by atoms with E-state index >= 15 is 0 Å². The number of amides is 1. The van der Waals surface area contributed by atoms with Gasteiger partial charge in [-0.25, -0.2) is 0 Å². The molecule has 1 aliphatic heterocycles. The number of halogens is 1. The lowest BCUT2D eigenvalue weighted by atomic mass is 9.86. The summed E-state index contributed by atoms with van der Waals surface area (Å²) in [4.78, 5) is 12.7. The predicted octanol–water partition coefficient (Wildman–Crippen LogP) is 4.63. The normalized spacial score (nSPS) is 15.1. The van der Waals surface area contributed by atoms with Gasteiger partial charge in [-0.1, -0.05) is 35.9 Å². The van der Waals surface area contributed by atoms with Gasteiger partial charge < -0.3 is 10.1 Å². The Morgan fingerprint density at radius 1 is 1.06 bits per heavy atom. The Bertz CT molecular complexity index is 1610. The van der Waals surface area contributed by atoms with E-state index in [-0.39, 0.29) is 11.8 Å². The van der Waals surface area contributed by atoms with Crippen molar-refractivity contribution in [3.05, 3.63) is 93.9 Å². The summed E-state index contributed by atoms with van der Waals surface area (Å²) in [6.07, 6.45) is 0.333. The number of nitrogens with one attached hydrogen (secondary N) is 1. The van der Waals surface area contributed by atoms with Crippen molar-refractivity contribution in [1.82, 2.24) is 29.6 Å². The molecule has 0 bridgehead atoms. The van der Waals surface area contributed by atoms with Gasteiger partial charge in [-0.2, -0.15) is 14.3 Å². The molecular weight excluding hydrogens is 478 g/mol. The quantitative estimate of drug-likeness (QED) is 0.378. The van der Waals surface area contributed by atoms with E-state index in [4.69, 9.17) is 21.4 Å². The van der Waals surface area contributed by atoms with Crippen molar-refractivity contribution in [3.63, 3.8) is 0 Å². The van der Waals surface area contributed by atoms with Crippen LogP contribution in [0.1, 0.15) is 40.5 Å². The minimum Gasteiger partial charge on any atom is -0.489 e. The van der Waals surface area contributed by atoms with Gasteiger partial charge in [-0.05, 0) is 61.4 Å². The molecule has 0 unspecified atom stereocenters. The highest BCUT2D eigenvalue weighted by atomic mass is 35.5. The molecule has 9 nitrogen and oxygen atoms in total. The van der Waals surface area contributed by atoms with Crippen molar-refractivity contribution in [2.75, 3.05) is 5.32 Å². The van der Waals surface area contributed by atoms with E-state index in [1.807, 2.05) is 74.5 Å². The summed E-state index contributed by atoms with van der Waals surface area (Å²) in [7, 11) is 0. The van der Waals surface area contributed by atoms with Gasteiger partial charge >= 0.3 is 0 Å². The fourth-order valence-electron chi connectivity index (χ4n) is 4.59. The van der Waals surface area contributed by atoms with E-state index in [9.17, 15) is 4.79 Å². The van der Waals surface area contributed by atoms with Gasteiger partial charge in [-0.3, -0.25) is 4.79 Å². The Balaban J connectivity index is 1.30. The molecule has 4 heterocycles. The topological polar surface area (TPSA) is 99.2 Å². The van der Waals surface area contributed by atoms with E-state index in [0.717, 1.165) is 28.1 Å². The van der Waals surface area contributed by atoms with Gasteiger partial charge in [0, 0.05) is 22.9 Å². The number of hydrogen-bond acceptors (Lipinski definition) is 6. The SMILES string of the molecule is Cc1nn(-c2ccc3nnc(C)n3n2)c2c1[C@H](c1ccc(OCc3cccc(Cl)c3)cc1)CC(=O)N2. The van der Waals surface area contributed by atoms with E-state index in [2.05, 4.69) is 20.6 Å². The summed E-state index contributed by atoms with van der Waals surface area (Å²) in [6, 6.07) is 19.1. The Morgan fingerprint density at radius 3 is 2.69 bits per heavy atom. The van der Waals surface area contributed by atoms with E-state index in [1.54, 1.807) is 9.20 Å². The monoisotopic (exact) mass is 499 g/mol. The van der Waals surface area contributed by atoms with Crippen LogP contribution in [0.2, 0.25) is 5.02 Å².